The standard InChI is InChI=1S/C23H21F3N6O2S/c1-13(15-4-3-5-16(19(15)24)21(25)26)31-22-17-10-18(32-23(34-2)20(17)28-12-29-22)14-6-8-35(33,9-7-14)30-11-27/h3-6,10,12-13,21H,7-9H2,1-2H3,(H,28,29,31)/t13-,35?/m1/s1. The van der Waals surface area contributed by atoms with Crippen LogP contribution in [0.15, 0.2) is 41.0 Å². The zero-order valence-corrected chi connectivity index (χ0v) is 19.7. The minimum Gasteiger partial charge on any atom is -0.479 e. The molecule has 1 aromatic carbocycles. The van der Waals surface area contributed by atoms with E-state index < -0.39 is 33.6 Å². The Balaban J connectivity index is 1.75. The van der Waals surface area contributed by atoms with Crippen LogP contribution >= 0.6 is 0 Å². The van der Waals surface area contributed by atoms with E-state index in [2.05, 4.69) is 24.6 Å². The first-order chi connectivity index (χ1) is 16.8. The van der Waals surface area contributed by atoms with Gasteiger partial charge < -0.3 is 10.1 Å². The van der Waals surface area contributed by atoms with Crippen LogP contribution in [-0.2, 0) is 9.73 Å². The van der Waals surface area contributed by atoms with Crippen LogP contribution < -0.4 is 10.1 Å². The van der Waals surface area contributed by atoms with Crippen molar-refractivity contribution in [3.8, 4) is 12.1 Å². The van der Waals surface area contributed by atoms with Gasteiger partial charge in [-0.15, -0.1) is 4.36 Å². The fraction of sp³-hybridized carbons (Fsp3) is 0.304. The molecular formula is C23H21F3N6O2S. The lowest BCUT2D eigenvalue weighted by molar-refractivity contribution is 0.146. The first-order valence-corrected chi connectivity index (χ1v) is 12.4. The SMILES string of the molecule is COc1nc(C2=CCS(=O)(=NC#N)CC2)cc2c(N[C@H](C)c3cccc(C(F)F)c3F)ncnc12. The molecule has 35 heavy (non-hydrogen) atoms. The van der Waals surface area contributed by atoms with Gasteiger partial charge in [0.05, 0.1) is 45.3 Å². The Kier molecular flexibility index (Phi) is 6.88. The molecule has 1 N–H and O–H groups in total. The molecule has 0 amide bonds. The van der Waals surface area contributed by atoms with E-state index in [1.54, 1.807) is 25.3 Å². The van der Waals surface area contributed by atoms with Crippen LogP contribution in [0.2, 0.25) is 0 Å². The van der Waals surface area contributed by atoms with E-state index in [1.165, 1.54) is 25.6 Å². The zero-order valence-electron chi connectivity index (χ0n) is 18.8. The largest absolute Gasteiger partial charge is 0.479 e. The Bertz CT molecular complexity index is 1480. The number of hydrogen-bond donors (Lipinski definition) is 1. The number of aromatic nitrogens is 3. The molecule has 0 aliphatic carbocycles. The number of nitrogens with zero attached hydrogens (tertiary/aromatic N) is 5. The summed E-state index contributed by atoms with van der Waals surface area (Å²) in [5, 5.41) is 12.4. The maximum Gasteiger partial charge on any atom is 0.266 e. The molecule has 0 spiro atoms. The van der Waals surface area contributed by atoms with Crippen LogP contribution in [0.4, 0.5) is 19.0 Å². The fourth-order valence-electron chi connectivity index (χ4n) is 3.89. The van der Waals surface area contributed by atoms with Crippen molar-refractivity contribution in [2.45, 2.75) is 25.8 Å². The lowest BCUT2D eigenvalue weighted by atomic mass is 10.0. The van der Waals surface area contributed by atoms with Crippen LogP contribution in [0.1, 0.15) is 42.6 Å². The van der Waals surface area contributed by atoms with Crippen LogP contribution in [0.25, 0.3) is 16.5 Å². The Hall–Kier alpha value is -3.72. The normalized spacial score (nSPS) is 18.6. The number of halogens is 3. The first-order valence-electron chi connectivity index (χ1n) is 10.6. The van der Waals surface area contributed by atoms with Crippen LogP contribution in [0, 0.1) is 17.3 Å². The molecule has 12 heteroatoms. The molecule has 2 atom stereocenters. The minimum absolute atomic E-state index is 0.0711. The highest BCUT2D eigenvalue weighted by atomic mass is 32.2. The molecule has 1 aliphatic heterocycles. The second-order valence-corrected chi connectivity index (χ2v) is 10.3. The second kappa shape index (κ2) is 9.87. The quantitative estimate of drug-likeness (QED) is 0.471. The van der Waals surface area contributed by atoms with Crippen molar-refractivity contribution in [3.05, 3.63) is 59.3 Å². The number of fused-ring (bicyclic) bond motifs is 1. The molecule has 1 unspecified atom stereocenters. The zero-order chi connectivity index (χ0) is 25.2. The smallest absolute Gasteiger partial charge is 0.266 e. The third-order valence-electron chi connectivity index (χ3n) is 5.71. The third-order valence-corrected chi connectivity index (χ3v) is 7.66. The van der Waals surface area contributed by atoms with E-state index in [4.69, 9.17) is 10.00 Å². The molecule has 1 aliphatic rings. The van der Waals surface area contributed by atoms with Gasteiger partial charge in [-0.05, 0) is 25.0 Å². The summed E-state index contributed by atoms with van der Waals surface area (Å²) in [4.78, 5) is 13.0. The molecule has 3 heterocycles. The van der Waals surface area contributed by atoms with Crippen molar-refractivity contribution in [3.63, 3.8) is 0 Å². The van der Waals surface area contributed by atoms with E-state index in [0.29, 0.717) is 28.8 Å². The van der Waals surface area contributed by atoms with Gasteiger partial charge in [-0.3, -0.25) is 0 Å². The highest BCUT2D eigenvalue weighted by molar-refractivity contribution is 7.93. The topological polar surface area (TPSA) is 113 Å². The average molecular weight is 503 g/mol. The summed E-state index contributed by atoms with van der Waals surface area (Å²) in [7, 11) is -1.16. The molecule has 2 aromatic heterocycles. The van der Waals surface area contributed by atoms with Gasteiger partial charge in [0.2, 0.25) is 12.1 Å². The summed E-state index contributed by atoms with van der Waals surface area (Å²) in [6, 6.07) is 4.92. The van der Waals surface area contributed by atoms with E-state index in [-0.39, 0.29) is 22.9 Å². The molecule has 0 saturated heterocycles. The number of hydrogen-bond acceptors (Lipinski definition) is 8. The number of ether oxygens (including phenoxy) is 1. The van der Waals surface area contributed by atoms with Crippen molar-refractivity contribution in [1.29, 1.82) is 5.26 Å². The van der Waals surface area contributed by atoms with E-state index in [9.17, 15) is 17.4 Å². The van der Waals surface area contributed by atoms with Crippen molar-refractivity contribution >= 4 is 32.0 Å². The van der Waals surface area contributed by atoms with Crippen molar-refractivity contribution in [1.82, 2.24) is 15.0 Å². The lowest BCUT2D eigenvalue weighted by Gasteiger charge is -2.19. The highest BCUT2D eigenvalue weighted by Gasteiger charge is 2.23. The van der Waals surface area contributed by atoms with E-state index in [0.717, 1.165) is 11.6 Å². The minimum atomic E-state index is -2.93. The molecule has 0 bridgehead atoms. The van der Waals surface area contributed by atoms with Crippen molar-refractivity contribution in [2.24, 2.45) is 4.36 Å². The summed E-state index contributed by atoms with van der Waals surface area (Å²) < 4.78 is 62.5. The highest BCUT2D eigenvalue weighted by Crippen LogP contribution is 2.34. The Morgan fingerprint density at radius 3 is 2.71 bits per heavy atom. The molecule has 0 radical (unpaired) electrons. The summed E-state index contributed by atoms with van der Waals surface area (Å²) in [6.45, 7) is 1.64. The van der Waals surface area contributed by atoms with Gasteiger partial charge in [0, 0.05) is 11.3 Å². The number of nitrogens with one attached hydrogen (secondary N) is 1. The Labute approximate surface area is 200 Å². The molecule has 3 aromatic rings. The van der Waals surface area contributed by atoms with Crippen molar-refractivity contribution < 1.29 is 22.1 Å². The Morgan fingerprint density at radius 2 is 2.06 bits per heavy atom. The summed E-state index contributed by atoms with van der Waals surface area (Å²) >= 11 is 0. The van der Waals surface area contributed by atoms with Gasteiger partial charge in [0.1, 0.15) is 23.5 Å². The summed E-state index contributed by atoms with van der Waals surface area (Å²) in [5.41, 5.74) is 1.16. The number of allylic oxidation sites excluding steroid dienone is 1. The lowest BCUT2D eigenvalue weighted by Crippen LogP contribution is -2.15. The number of rotatable bonds is 6. The van der Waals surface area contributed by atoms with E-state index >= 15 is 0 Å². The maximum atomic E-state index is 14.7. The predicted molar refractivity (Wildman–Crippen MR) is 126 cm³/mol. The van der Waals surface area contributed by atoms with Gasteiger partial charge in [-0.2, -0.15) is 5.26 Å². The first kappa shape index (κ1) is 24.4. The number of methoxy groups -OCH3 is 1. The number of alkyl halides is 2. The second-order valence-electron chi connectivity index (χ2n) is 7.87. The maximum absolute atomic E-state index is 14.7. The van der Waals surface area contributed by atoms with Gasteiger partial charge >= 0.3 is 0 Å². The summed E-state index contributed by atoms with van der Waals surface area (Å²) in [5.74, 6) is -0.0480. The number of benzene rings is 1. The molecule has 4 rings (SSSR count). The predicted octanol–water partition coefficient (Wildman–Crippen LogP) is 5.02. The fourth-order valence-corrected chi connectivity index (χ4v) is 5.37. The van der Waals surface area contributed by atoms with Gasteiger partial charge in [0.25, 0.3) is 6.43 Å². The number of pyridine rings is 1. The molecule has 0 fully saturated rings. The number of nitriles is 1. The van der Waals surface area contributed by atoms with Gasteiger partial charge in [0.15, 0.2) is 0 Å². The third kappa shape index (κ3) is 4.90. The van der Waals surface area contributed by atoms with Crippen LogP contribution in [0.5, 0.6) is 5.88 Å². The average Bonchev–Trinajstić information content (AvgIpc) is 2.84. The van der Waals surface area contributed by atoms with Crippen LogP contribution in [-0.4, -0.2) is 37.8 Å². The number of anilines is 1. The van der Waals surface area contributed by atoms with E-state index in [1.807, 2.05) is 0 Å². The molecule has 182 valence electrons. The summed E-state index contributed by atoms with van der Waals surface area (Å²) in [6.07, 6.45) is 2.12. The van der Waals surface area contributed by atoms with Gasteiger partial charge in [-0.1, -0.05) is 24.3 Å². The molecule has 0 saturated carbocycles. The molecule has 8 nitrogen and oxygen atoms in total. The van der Waals surface area contributed by atoms with Crippen molar-refractivity contribution in [2.75, 3.05) is 23.9 Å². The van der Waals surface area contributed by atoms with Gasteiger partial charge in [-0.25, -0.2) is 32.3 Å². The molecular weight excluding hydrogens is 481 g/mol. The monoisotopic (exact) mass is 502 g/mol. The van der Waals surface area contributed by atoms with Crippen LogP contribution in [0.3, 0.4) is 0 Å². The Morgan fingerprint density at radius 1 is 1.29 bits per heavy atom.